The molecule has 0 fully saturated rings. The van der Waals surface area contributed by atoms with E-state index in [1.165, 1.54) is 18.5 Å². The maximum atomic E-state index is 6.08. The summed E-state index contributed by atoms with van der Waals surface area (Å²) in [5, 5.41) is 0.725. The highest BCUT2D eigenvalue weighted by molar-refractivity contribution is 6.30. The molecule has 1 aromatic heterocycles. The Morgan fingerprint density at radius 1 is 1.62 bits per heavy atom. The lowest BCUT2D eigenvalue weighted by Gasteiger charge is -2.23. The Bertz CT molecular complexity index is 317. The van der Waals surface area contributed by atoms with Crippen LogP contribution in [0.3, 0.4) is 0 Å². The first-order valence-electron chi connectivity index (χ1n) is 4.99. The third-order valence-electron chi connectivity index (χ3n) is 2.83. The van der Waals surface area contributed by atoms with E-state index in [0.29, 0.717) is 6.04 Å². The van der Waals surface area contributed by atoms with Gasteiger partial charge >= 0.3 is 0 Å². The van der Waals surface area contributed by atoms with E-state index in [2.05, 4.69) is 23.4 Å². The standard InChI is InChI=1S/C10H15ClN2/c1-3-9-12-10(11)8-6-4-5-7(2)13(8)9/h7H,3-6H2,1-2H3. The van der Waals surface area contributed by atoms with Crippen LogP contribution in [0.2, 0.25) is 5.15 Å². The van der Waals surface area contributed by atoms with E-state index in [0.717, 1.165) is 23.8 Å². The smallest absolute Gasteiger partial charge is 0.150 e. The summed E-state index contributed by atoms with van der Waals surface area (Å²) in [5.74, 6) is 1.15. The van der Waals surface area contributed by atoms with Crippen molar-refractivity contribution in [1.29, 1.82) is 0 Å². The van der Waals surface area contributed by atoms with Crippen LogP contribution in [0.15, 0.2) is 0 Å². The largest absolute Gasteiger partial charge is 0.328 e. The van der Waals surface area contributed by atoms with Gasteiger partial charge in [0.25, 0.3) is 0 Å². The van der Waals surface area contributed by atoms with Crippen molar-refractivity contribution in [2.75, 3.05) is 0 Å². The number of hydrogen-bond donors (Lipinski definition) is 0. The minimum atomic E-state index is 0.582. The highest BCUT2D eigenvalue weighted by Gasteiger charge is 2.22. The van der Waals surface area contributed by atoms with E-state index in [-0.39, 0.29) is 0 Å². The number of fused-ring (bicyclic) bond motifs is 1. The molecule has 2 rings (SSSR count). The van der Waals surface area contributed by atoms with Crippen LogP contribution >= 0.6 is 11.6 Å². The van der Waals surface area contributed by atoms with E-state index < -0.39 is 0 Å². The quantitative estimate of drug-likeness (QED) is 0.679. The Labute approximate surface area is 83.9 Å². The van der Waals surface area contributed by atoms with Gasteiger partial charge in [-0.3, -0.25) is 0 Å². The van der Waals surface area contributed by atoms with Gasteiger partial charge in [0.1, 0.15) is 5.82 Å². The van der Waals surface area contributed by atoms with Crippen molar-refractivity contribution < 1.29 is 0 Å². The van der Waals surface area contributed by atoms with Gasteiger partial charge in [-0.1, -0.05) is 18.5 Å². The van der Waals surface area contributed by atoms with Crippen molar-refractivity contribution in [3.05, 3.63) is 16.7 Å². The van der Waals surface area contributed by atoms with Gasteiger partial charge in [0.05, 0.1) is 5.69 Å². The molecule has 3 heteroatoms. The van der Waals surface area contributed by atoms with Crippen molar-refractivity contribution in [1.82, 2.24) is 9.55 Å². The number of imidazole rings is 1. The van der Waals surface area contributed by atoms with E-state index in [9.17, 15) is 0 Å². The SMILES string of the molecule is CCc1nc(Cl)c2n1C(C)CCC2. The molecule has 0 amide bonds. The first kappa shape index (κ1) is 9.07. The number of aromatic nitrogens is 2. The number of halogens is 1. The van der Waals surface area contributed by atoms with Crippen LogP contribution in [0.25, 0.3) is 0 Å². The zero-order valence-electron chi connectivity index (χ0n) is 8.18. The molecule has 0 aliphatic carbocycles. The first-order valence-corrected chi connectivity index (χ1v) is 5.37. The maximum absolute atomic E-state index is 6.08. The second-order valence-corrected chi connectivity index (χ2v) is 4.09. The van der Waals surface area contributed by atoms with Crippen LogP contribution in [0.5, 0.6) is 0 Å². The number of nitrogens with zero attached hydrogens (tertiary/aromatic N) is 2. The number of aryl methyl sites for hydroxylation is 1. The van der Waals surface area contributed by atoms with Gasteiger partial charge in [-0.2, -0.15) is 0 Å². The Morgan fingerprint density at radius 3 is 3.08 bits per heavy atom. The minimum absolute atomic E-state index is 0.582. The zero-order valence-corrected chi connectivity index (χ0v) is 8.93. The van der Waals surface area contributed by atoms with Crippen LogP contribution in [0.4, 0.5) is 0 Å². The average molecular weight is 199 g/mol. The number of hydrogen-bond acceptors (Lipinski definition) is 1. The summed E-state index contributed by atoms with van der Waals surface area (Å²) in [6, 6.07) is 0.582. The van der Waals surface area contributed by atoms with Crippen molar-refractivity contribution in [3.8, 4) is 0 Å². The van der Waals surface area contributed by atoms with Crippen molar-refractivity contribution in [2.45, 2.75) is 45.6 Å². The second kappa shape index (κ2) is 3.33. The molecule has 1 aliphatic rings. The zero-order chi connectivity index (χ0) is 9.42. The molecule has 0 spiro atoms. The molecule has 0 radical (unpaired) electrons. The summed E-state index contributed by atoms with van der Waals surface area (Å²) in [7, 11) is 0. The molecule has 2 nitrogen and oxygen atoms in total. The highest BCUT2D eigenvalue weighted by atomic mass is 35.5. The molecule has 0 saturated heterocycles. The van der Waals surface area contributed by atoms with Crippen molar-refractivity contribution in [2.24, 2.45) is 0 Å². The van der Waals surface area contributed by atoms with E-state index >= 15 is 0 Å². The predicted molar refractivity (Wildman–Crippen MR) is 54.3 cm³/mol. The summed E-state index contributed by atoms with van der Waals surface area (Å²) in [4.78, 5) is 4.39. The average Bonchev–Trinajstić information content (AvgIpc) is 2.45. The summed E-state index contributed by atoms with van der Waals surface area (Å²) in [6.07, 6.45) is 4.57. The Hall–Kier alpha value is -0.500. The second-order valence-electron chi connectivity index (χ2n) is 3.73. The van der Waals surface area contributed by atoms with Gasteiger partial charge in [-0.15, -0.1) is 0 Å². The van der Waals surface area contributed by atoms with Gasteiger partial charge in [0.15, 0.2) is 5.15 Å². The molecule has 72 valence electrons. The monoisotopic (exact) mass is 198 g/mol. The van der Waals surface area contributed by atoms with Gasteiger partial charge in [-0.25, -0.2) is 4.98 Å². The molecular formula is C10H15ClN2. The number of rotatable bonds is 1. The molecule has 0 saturated carbocycles. The summed E-state index contributed by atoms with van der Waals surface area (Å²) in [5.41, 5.74) is 1.25. The molecule has 1 aliphatic heterocycles. The summed E-state index contributed by atoms with van der Waals surface area (Å²) in [6.45, 7) is 4.38. The lowest BCUT2D eigenvalue weighted by atomic mass is 10.0. The molecule has 0 bridgehead atoms. The van der Waals surface area contributed by atoms with E-state index in [1.54, 1.807) is 0 Å². The fourth-order valence-electron chi connectivity index (χ4n) is 2.17. The Balaban J connectivity index is 2.52. The molecule has 0 aromatic carbocycles. The lowest BCUT2D eigenvalue weighted by molar-refractivity contribution is 0.420. The fourth-order valence-corrected chi connectivity index (χ4v) is 2.46. The van der Waals surface area contributed by atoms with E-state index in [4.69, 9.17) is 11.6 Å². The van der Waals surface area contributed by atoms with Crippen LogP contribution in [-0.4, -0.2) is 9.55 Å². The Morgan fingerprint density at radius 2 is 2.38 bits per heavy atom. The normalized spacial score (nSPS) is 21.6. The minimum Gasteiger partial charge on any atom is -0.328 e. The summed E-state index contributed by atoms with van der Waals surface area (Å²) < 4.78 is 2.33. The van der Waals surface area contributed by atoms with Gasteiger partial charge < -0.3 is 4.57 Å². The molecule has 2 heterocycles. The molecule has 1 unspecified atom stereocenters. The van der Waals surface area contributed by atoms with Crippen molar-refractivity contribution >= 4 is 11.6 Å². The van der Waals surface area contributed by atoms with Gasteiger partial charge in [-0.05, 0) is 26.2 Å². The topological polar surface area (TPSA) is 17.8 Å². The molecule has 1 aromatic rings. The van der Waals surface area contributed by atoms with Crippen molar-refractivity contribution in [3.63, 3.8) is 0 Å². The highest BCUT2D eigenvalue weighted by Crippen LogP contribution is 2.30. The molecule has 13 heavy (non-hydrogen) atoms. The van der Waals surface area contributed by atoms with Crippen LogP contribution in [0.1, 0.15) is 44.2 Å². The van der Waals surface area contributed by atoms with E-state index in [1.807, 2.05) is 0 Å². The van der Waals surface area contributed by atoms with Gasteiger partial charge in [0.2, 0.25) is 0 Å². The molecular weight excluding hydrogens is 184 g/mol. The third kappa shape index (κ3) is 1.37. The predicted octanol–water partition coefficient (Wildman–Crippen LogP) is 3.00. The summed E-state index contributed by atoms with van der Waals surface area (Å²) >= 11 is 6.08. The van der Waals surface area contributed by atoms with Crippen LogP contribution in [-0.2, 0) is 12.8 Å². The fraction of sp³-hybridized carbons (Fsp3) is 0.700. The van der Waals surface area contributed by atoms with Crippen LogP contribution < -0.4 is 0 Å². The maximum Gasteiger partial charge on any atom is 0.150 e. The van der Waals surface area contributed by atoms with Gasteiger partial charge in [0, 0.05) is 12.5 Å². The Kier molecular flexibility index (Phi) is 2.33. The molecule has 0 N–H and O–H groups in total. The lowest BCUT2D eigenvalue weighted by Crippen LogP contribution is -2.17. The third-order valence-corrected chi connectivity index (χ3v) is 3.13. The van der Waals surface area contributed by atoms with Crippen LogP contribution in [0, 0.1) is 0 Å². The molecule has 1 atom stereocenters. The first-order chi connectivity index (χ1) is 6.24.